The zero-order valence-corrected chi connectivity index (χ0v) is 14.7. The predicted molar refractivity (Wildman–Crippen MR) is 99.9 cm³/mol. The average molecular weight is 360 g/mol. The number of aromatic nitrogens is 1. The molecule has 0 amide bonds. The van der Waals surface area contributed by atoms with Gasteiger partial charge in [0.2, 0.25) is 0 Å². The second kappa shape index (κ2) is 6.34. The summed E-state index contributed by atoms with van der Waals surface area (Å²) in [6.45, 7) is 3.71. The number of nitrogens with zero attached hydrogens (tertiary/aromatic N) is 1. The van der Waals surface area contributed by atoms with Crippen LogP contribution in [0.2, 0.25) is 10.0 Å². The van der Waals surface area contributed by atoms with Crippen LogP contribution in [-0.4, -0.2) is 15.2 Å². The first-order valence-corrected chi connectivity index (χ1v) is 8.08. The predicted octanol–water partition coefficient (Wildman–Crippen LogP) is 5.74. The SMILES string of the molecule is Cc1cc(/C=C/c2ccc3c(Cl)cc(Cl)c(O)c3n2)cc(C)c1O. The molecular formula is C19H15Cl2NO2. The Bertz CT molecular complexity index is 958. The van der Waals surface area contributed by atoms with Gasteiger partial charge in [0.05, 0.1) is 15.7 Å². The van der Waals surface area contributed by atoms with E-state index < -0.39 is 0 Å². The zero-order valence-electron chi connectivity index (χ0n) is 13.1. The largest absolute Gasteiger partial charge is 0.507 e. The van der Waals surface area contributed by atoms with E-state index in [-0.39, 0.29) is 10.8 Å². The minimum atomic E-state index is -0.0809. The number of halogens is 2. The molecule has 122 valence electrons. The highest BCUT2D eigenvalue weighted by Gasteiger charge is 2.10. The van der Waals surface area contributed by atoms with Gasteiger partial charge < -0.3 is 10.2 Å². The number of phenols is 2. The summed E-state index contributed by atoms with van der Waals surface area (Å²) < 4.78 is 0. The molecule has 0 radical (unpaired) electrons. The molecule has 0 fully saturated rings. The molecule has 1 aromatic heterocycles. The number of pyridine rings is 1. The van der Waals surface area contributed by atoms with E-state index in [9.17, 15) is 10.2 Å². The number of hydrogen-bond donors (Lipinski definition) is 2. The molecule has 0 aliphatic heterocycles. The Hall–Kier alpha value is -2.23. The third-order valence-corrected chi connectivity index (χ3v) is 4.44. The maximum atomic E-state index is 10.1. The maximum absolute atomic E-state index is 10.1. The Kier molecular flexibility index (Phi) is 4.39. The van der Waals surface area contributed by atoms with Crippen LogP contribution in [0.1, 0.15) is 22.4 Å². The fraction of sp³-hybridized carbons (Fsp3) is 0.105. The van der Waals surface area contributed by atoms with Crippen molar-refractivity contribution in [3.05, 3.63) is 62.8 Å². The number of phenolic OH excluding ortho intramolecular Hbond substituents is 2. The van der Waals surface area contributed by atoms with Gasteiger partial charge in [0, 0.05) is 5.39 Å². The number of aromatic hydroxyl groups is 2. The maximum Gasteiger partial charge on any atom is 0.160 e. The highest BCUT2D eigenvalue weighted by Crippen LogP contribution is 2.36. The summed E-state index contributed by atoms with van der Waals surface area (Å²) in [6.07, 6.45) is 3.73. The normalized spacial score (nSPS) is 11.5. The molecule has 3 aromatic rings. The van der Waals surface area contributed by atoms with Crippen LogP contribution in [0, 0.1) is 13.8 Å². The van der Waals surface area contributed by atoms with E-state index in [0.29, 0.717) is 27.4 Å². The van der Waals surface area contributed by atoms with Gasteiger partial charge in [-0.3, -0.25) is 0 Å². The standard InChI is InChI=1S/C19H15Cl2NO2/c1-10-7-12(8-11(2)18(10)23)3-4-13-5-6-14-15(20)9-16(21)19(24)17(14)22-13/h3-9,23-24H,1-2H3/b4-3+. The smallest absolute Gasteiger partial charge is 0.160 e. The van der Waals surface area contributed by atoms with Crippen LogP contribution >= 0.6 is 23.2 Å². The Labute approximate surface area is 149 Å². The van der Waals surface area contributed by atoms with Crippen LogP contribution < -0.4 is 0 Å². The van der Waals surface area contributed by atoms with Gasteiger partial charge in [-0.15, -0.1) is 0 Å². The minimum Gasteiger partial charge on any atom is -0.507 e. The molecule has 2 N–H and O–H groups in total. The molecule has 0 bridgehead atoms. The summed E-state index contributed by atoms with van der Waals surface area (Å²) >= 11 is 12.1. The Morgan fingerprint density at radius 2 is 1.54 bits per heavy atom. The summed E-state index contributed by atoms with van der Waals surface area (Å²) in [5.41, 5.74) is 3.62. The topological polar surface area (TPSA) is 53.4 Å². The van der Waals surface area contributed by atoms with Crippen molar-refractivity contribution in [2.75, 3.05) is 0 Å². The first-order valence-electron chi connectivity index (χ1n) is 7.33. The van der Waals surface area contributed by atoms with Crippen molar-refractivity contribution in [3.63, 3.8) is 0 Å². The fourth-order valence-corrected chi connectivity index (χ4v) is 3.09. The Balaban J connectivity index is 2.03. The van der Waals surface area contributed by atoms with Gasteiger partial charge >= 0.3 is 0 Å². The molecule has 0 aliphatic carbocycles. The van der Waals surface area contributed by atoms with Gasteiger partial charge in [0.25, 0.3) is 0 Å². The minimum absolute atomic E-state index is 0.0809. The first-order chi connectivity index (χ1) is 11.4. The number of aryl methyl sites for hydroxylation is 2. The van der Waals surface area contributed by atoms with E-state index in [4.69, 9.17) is 23.2 Å². The molecule has 0 saturated heterocycles. The molecule has 5 heteroatoms. The summed E-state index contributed by atoms with van der Waals surface area (Å²) in [7, 11) is 0. The monoisotopic (exact) mass is 359 g/mol. The first kappa shape index (κ1) is 16.6. The lowest BCUT2D eigenvalue weighted by Crippen LogP contribution is -1.87. The van der Waals surface area contributed by atoms with E-state index >= 15 is 0 Å². The van der Waals surface area contributed by atoms with Crippen LogP contribution in [0.5, 0.6) is 11.5 Å². The number of rotatable bonds is 2. The van der Waals surface area contributed by atoms with Crippen molar-refractivity contribution in [2.24, 2.45) is 0 Å². The molecule has 0 aliphatic rings. The molecule has 0 unspecified atom stereocenters. The average Bonchev–Trinajstić information content (AvgIpc) is 2.55. The van der Waals surface area contributed by atoms with Gasteiger partial charge in [-0.05, 0) is 66.9 Å². The van der Waals surface area contributed by atoms with Crippen molar-refractivity contribution in [1.82, 2.24) is 4.98 Å². The molecule has 3 nitrogen and oxygen atoms in total. The lowest BCUT2D eigenvalue weighted by molar-refractivity contribution is 0.467. The van der Waals surface area contributed by atoms with E-state index in [1.165, 1.54) is 6.07 Å². The highest BCUT2D eigenvalue weighted by atomic mass is 35.5. The summed E-state index contributed by atoms with van der Waals surface area (Å²) in [4.78, 5) is 4.42. The van der Waals surface area contributed by atoms with E-state index in [1.807, 2.05) is 44.2 Å². The number of fused-ring (bicyclic) bond motifs is 1. The molecule has 2 aromatic carbocycles. The lowest BCUT2D eigenvalue weighted by Gasteiger charge is -2.06. The fourth-order valence-electron chi connectivity index (χ4n) is 2.58. The van der Waals surface area contributed by atoms with E-state index in [2.05, 4.69) is 4.98 Å². The second-order valence-electron chi connectivity index (χ2n) is 5.66. The Morgan fingerprint density at radius 3 is 2.21 bits per heavy atom. The number of hydrogen-bond acceptors (Lipinski definition) is 3. The molecular weight excluding hydrogens is 345 g/mol. The summed E-state index contributed by atoms with van der Waals surface area (Å²) in [5, 5.41) is 21.2. The molecule has 0 atom stereocenters. The zero-order chi connectivity index (χ0) is 17.4. The quantitative estimate of drug-likeness (QED) is 0.613. The molecule has 3 rings (SSSR count). The second-order valence-corrected chi connectivity index (χ2v) is 6.47. The van der Waals surface area contributed by atoms with E-state index in [1.54, 1.807) is 6.07 Å². The summed E-state index contributed by atoms with van der Waals surface area (Å²) in [5.74, 6) is 0.229. The van der Waals surface area contributed by atoms with Gasteiger partial charge in [-0.25, -0.2) is 4.98 Å². The number of benzene rings is 2. The summed E-state index contributed by atoms with van der Waals surface area (Å²) in [6, 6.07) is 8.90. The third kappa shape index (κ3) is 3.05. The van der Waals surface area contributed by atoms with Crippen LogP contribution in [0.3, 0.4) is 0 Å². The van der Waals surface area contributed by atoms with E-state index in [0.717, 1.165) is 16.7 Å². The molecule has 1 heterocycles. The van der Waals surface area contributed by atoms with Crippen LogP contribution in [0.4, 0.5) is 0 Å². The highest BCUT2D eigenvalue weighted by molar-refractivity contribution is 6.39. The van der Waals surface area contributed by atoms with Gasteiger partial charge in [0.15, 0.2) is 5.75 Å². The molecule has 0 spiro atoms. The molecule has 0 saturated carbocycles. The van der Waals surface area contributed by atoms with Crippen LogP contribution in [0.25, 0.3) is 23.1 Å². The van der Waals surface area contributed by atoms with Crippen molar-refractivity contribution in [1.29, 1.82) is 0 Å². The van der Waals surface area contributed by atoms with Crippen LogP contribution in [0.15, 0.2) is 30.3 Å². The Morgan fingerprint density at radius 1 is 0.875 bits per heavy atom. The van der Waals surface area contributed by atoms with Crippen molar-refractivity contribution in [2.45, 2.75) is 13.8 Å². The lowest BCUT2D eigenvalue weighted by atomic mass is 10.1. The molecule has 24 heavy (non-hydrogen) atoms. The van der Waals surface area contributed by atoms with Crippen molar-refractivity contribution >= 4 is 46.3 Å². The van der Waals surface area contributed by atoms with Crippen LogP contribution in [-0.2, 0) is 0 Å². The van der Waals surface area contributed by atoms with Gasteiger partial charge in [-0.1, -0.05) is 29.3 Å². The van der Waals surface area contributed by atoms with Gasteiger partial charge in [-0.2, -0.15) is 0 Å². The van der Waals surface area contributed by atoms with Crippen molar-refractivity contribution < 1.29 is 10.2 Å². The third-order valence-electron chi connectivity index (χ3n) is 3.84. The van der Waals surface area contributed by atoms with Gasteiger partial charge in [0.1, 0.15) is 11.3 Å². The van der Waals surface area contributed by atoms with Crippen molar-refractivity contribution in [3.8, 4) is 11.5 Å².